The molecule has 1 aliphatic carbocycles. The first-order valence-electron chi connectivity index (χ1n) is 7.91. The van der Waals surface area contributed by atoms with Gasteiger partial charge in [0.25, 0.3) is 11.8 Å². The Hall–Kier alpha value is -2.61. The molecule has 3 N–H and O–H groups in total. The van der Waals surface area contributed by atoms with Crippen LogP contribution in [0.3, 0.4) is 0 Å². The van der Waals surface area contributed by atoms with Crippen molar-refractivity contribution in [2.24, 2.45) is 5.73 Å². The van der Waals surface area contributed by atoms with E-state index in [0.717, 1.165) is 24.2 Å². The molecule has 0 saturated heterocycles. The molecule has 2 aromatic rings. The minimum atomic E-state index is -0.624. The van der Waals surface area contributed by atoms with E-state index in [-0.39, 0.29) is 5.56 Å². The molecule has 0 unspecified atom stereocenters. The van der Waals surface area contributed by atoms with Gasteiger partial charge < -0.3 is 20.4 Å². The number of aryl methyl sites for hydroxylation is 1. The second kappa shape index (κ2) is 6.72. The summed E-state index contributed by atoms with van der Waals surface area (Å²) in [5.41, 5.74) is 7.81. The second-order valence-corrected chi connectivity index (χ2v) is 6.95. The number of hydrogen-bond donors (Lipinski definition) is 2. The first-order valence-corrected chi connectivity index (χ1v) is 8.79. The highest BCUT2D eigenvalue weighted by atomic mass is 32.1. The molecule has 2 aromatic heterocycles. The van der Waals surface area contributed by atoms with E-state index in [9.17, 15) is 14.4 Å². The molecule has 7 nitrogen and oxygen atoms in total. The van der Waals surface area contributed by atoms with Crippen LogP contribution in [0.2, 0.25) is 0 Å². The van der Waals surface area contributed by atoms with Gasteiger partial charge in [-0.2, -0.15) is 0 Å². The quantitative estimate of drug-likeness (QED) is 0.771. The number of nitrogens with one attached hydrogen (secondary N) is 1. The molecular weight excluding hydrogens is 342 g/mol. The van der Waals surface area contributed by atoms with Gasteiger partial charge in [0.15, 0.2) is 6.61 Å². The van der Waals surface area contributed by atoms with Gasteiger partial charge in [-0.1, -0.05) is 0 Å². The van der Waals surface area contributed by atoms with E-state index in [4.69, 9.17) is 10.5 Å². The highest BCUT2D eigenvalue weighted by molar-refractivity contribution is 7.14. The highest BCUT2D eigenvalue weighted by Crippen LogP contribution is 2.38. The smallest absolute Gasteiger partial charge is 0.340 e. The van der Waals surface area contributed by atoms with Crippen molar-refractivity contribution in [2.45, 2.75) is 32.7 Å². The predicted octanol–water partition coefficient (Wildman–Crippen LogP) is 2.40. The summed E-state index contributed by atoms with van der Waals surface area (Å²) in [4.78, 5) is 35.5. The monoisotopic (exact) mass is 361 g/mol. The number of anilines is 1. The summed E-state index contributed by atoms with van der Waals surface area (Å²) in [6, 6.07) is 3.79. The van der Waals surface area contributed by atoms with E-state index in [0.29, 0.717) is 16.6 Å². The van der Waals surface area contributed by atoms with E-state index in [1.807, 2.05) is 13.8 Å². The van der Waals surface area contributed by atoms with E-state index in [2.05, 4.69) is 9.88 Å². The van der Waals surface area contributed by atoms with Gasteiger partial charge in [-0.3, -0.25) is 9.59 Å². The molecule has 2 amide bonds. The number of ether oxygens (including phenoxy) is 1. The minimum absolute atomic E-state index is 0.234. The number of thiophene rings is 1. The maximum absolute atomic E-state index is 12.3. The fraction of sp³-hybridized carbons (Fsp3) is 0.353. The third kappa shape index (κ3) is 3.58. The van der Waals surface area contributed by atoms with Crippen LogP contribution in [0.1, 0.15) is 51.0 Å². The molecule has 1 aliphatic rings. The van der Waals surface area contributed by atoms with Crippen LogP contribution in [-0.4, -0.2) is 29.0 Å². The van der Waals surface area contributed by atoms with Gasteiger partial charge in [-0.25, -0.2) is 4.79 Å². The third-order valence-electron chi connectivity index (χ3n) is 4.13. The summed E-state index contributed by atoms with van der Waals surface area (Å²) >= 11 is 1.18. The first kappa shape index (κ1) is 17.2. The molecule has 1 fully saturated rings. The Morgan fingerprint density at radius 1 is 1.32 bits per heavy atom. The van der Waals surface area contributed by atoms with Crippen LogP contribution in [0.15, 0.2) is 17.5 Å². The van der Waals surface area contributed by atoms with Crippen molar-refractivity contribution in [3.63, 3.8) is 0 Å². The van der Waals surface area contributed by atoms with Crippen molar-refractivity contribution in [3.05, 3.63) is 40.0 Å². The molecule has 0 aromatic carbocycles. The molecule has 0 aliphatic heterocycles. The second-order valence-electron chi connectivity index (χ2n) is 6.04. The molecule has 1 saturated carbocycles. The molecule has 0 spiro atoms. The summed E-state index contributed by atoms with van der Waals surface area (Å²) in [6.07, 6.45) is 2.24. The topological polar surface area (TPSA) is 103 Å². The summed E-state index contributed by atoms with van der Waals surface area (Å²) in [5, 5.41) is 4.53. The lowest BCUT2D eigenvalue weighted by atomic mass is 10.2. The molecule has 0 atom stereocenters. The number of nitrogens with zero attached hydrogens (tertiary/aromatic N) is 1. The van der Waals surface area contributed by atoms with E-state index < -0.39 is 24.4 Å². The molecule has 3 rings (SSSR count). The van der Waals surface area contributed by atoms with Crippen LogP contribution in [0.25, 0.3) is 0 Å². The average Bonchev–Trinajstić information content (AvgIpc) is 3.19. The van der Waals surface area contributed by atoms with Gasteiger partial charge in [0.2, 0.25) is 0 Å². The van der Waals surface area contributed by atoms with Crippen LogP contribution >= 0.6 is 11.3 Å². The van der Waals surface area contributed by atoms with Crippen molar-refractivity contribution in [1.82, 2.24) is 4.57 Å². The molecule has 25 heavy (non-hydrogen) atoms. The minimum Gasteiger partial charge on any atom is -0.452 e. The fourth-order valence-electron chi connectivity index (χ4n) is 2.85. The van der Waals surface area contributed by atoms with Crippen molar-refractivity contribution in [2.75, 3.05) is 11.9 Å². The summed E-state index contributed by atoms with van der Waals surface area (Å²) in [5.74, 6) is -1.67. The summed E-state index contributed by atoms with van der Waals surface area (Å²) < 4.78 is 7.25. The number of nitrogens with two attached hydrogens (primary N) is 1. The van der Waals surface area contributed by atoms with Gasteiger partial charge in [0, 0.05) is 17.4 Å². The van der Waals surface area contributed by atoms with Crippen molar-refractivity contribution >= 4 is 34.1 Å². The lowest BCUT2D eigenvalue weighted by Crippen LogP contribution is -2.22. The molecule has 0 radical (unpaired) electrons. The maximum atomic E-state index is 12.3. The van der Waals surface area contributed by atoms with E-state index in [1.54, 1.807) is 11.4 Å². The zero-order chi connectivity index (χ0) is 18.1. The lowest BCUT2D eigenvalue weighted by molar-refractivity contribution is -0.119. The number of hydrogen-bond acceptors (Lipinski definition) is 5. The Labute approximate surface area is 148 Å². The number of carbonyl (C=O) groups is 3. The fourth-order valence-corrected chi connectivity index (χ4v) is 3.66. The molecule has 2 heterocycles. The van der Waals surface area contributed by atoms with Crippen LogP contribution in [-0.2, 0) is 9.53 Å². The lowest BCUT2D eigenvalue weighted by Gasteiger charge is -2.08. The SMILES string of the molecule is Cc1cc(C(=O)OCC(=O)Nc2sccc2C(N)=O)c(C)n1C1CC1. The number of carbonyl (C=O) groups excluding carboxylic acids is 3. The van der Waals surface area contributed by atoms with Crippen molar-refractivity contribution in [1.29, 1.82) is 0 Å². The van der Waals surface area contributed by atoms with Crippen molar-refractivity contribution < 1.29 is 19.1 Å². The average molecular weight is 361 g/mol. The van der Waals surface area contributed by atoms with Crippen LogP contribution in [0.5, 0.6) is 0 Å². The number of primary amides is 1. The van der Waals surface area contributed by atoms with Crippen molar-refractivity contribution in [3.8, 4) is 0 Å². The zero-order valence-corrected chi connectivity index (χ0v) is 14.8. The van der Waals surface area contributed by atoms with Gasteiger partial charge in [-0.05, 0) is 44.2 Å². The van der Waals surface area contributed by atoms with E-state index in [1.165, 1.54) is 17.4 Å². The Bertz CT molecular complexity index is 848. The standard InChI is InChI=1S/C17H19N3O4S/c1-9-7-13(10(2)20(9)11-3-4-11)17(23)24-8-14(21)19-16-12(15(18)22)5-6-25-16/h5-7,11H,3-4,8H2,1-2H3,(H2,18,22)(H,19,21). The van der Waals surface area contributed by atoms with Crippen LogP contribution < -0.4 is 11.1 Å². The zero-order valence-electron chi connectivity index (χ0n) is 14.0. The normalized spacial score (nSPS) is 13.5. The van der Waals surface area contributed by atoms with E-state index >= 15 is 0 Å². The predicted molar refractivity (Wildman–Crippen MR) is 93.9 cm³/mol. The summed E-state index contributed by atoms with van der Waals surface area (Å²) in [7, 11) is 0. The number of aromatic nitrogens is 1. The third-order valence-corrected chi connectivity index (χ3v) is 4.96. The summed E-state index contributed by atoms with van der Waals surface area (Å²) in [6.45, 7) is 3.41. The van der Waals surface area contributed by atoms with Gasteiger partial charge >= 0.3 is 5.97 Å². The van der Waals surface area contributed by atoms with Gasteiger partial charge in [0.05, 0.1) is 11.1 Å². The molecule has 8 heteroatoms. The van der Waals surface area contributed by atoms with Gasteiger partial charge in [-0.15, -0.1) is 11.3 Å². The van der Waals surface area contributed by atoms with Gasteiger partial charge in [0.1, 0.15) is 5.00 Å². The molecule has 0 bridgehead atoms. The maximum Gasteiger partial charge on any atom is 0.340 e. The Balaban J connectivity index is 1.60. The molecule has 132 valence electrons. The Kier molecular flexibility index (Phi) is 4.63. The highest BCUT2D eigenvalue weighted by Gasteiger charge is 2.28. The largest absolute Gasteiger partial charge is 0.452 e. The Morgan fingerprint density at radius 2 is 2.04 bits per heavy atom. The number of amides is 2. The number of esters is 1. The Morgan fingerprint density at radius 3 is 2.68 bits per heavy atom. The van der Waals surface area contributed by atoms with Crippen LogP contribution in [0, 0.1) is 13.8 Å². The number of rotatable bonds is 6. The molecular formula is C17H19N3O4S. The van der Waals surface area contributed by atoms with Crippen LogP contribution in [0.4, 0.5) is 5.00 Å². The first-order chi connectivity index (χ1) is 11.9.